The van der Waals surface area contributed by atoms with Crippen molar-refractivity contribution in [1.29, 1.82) is 0 Å². The molecule has 2 heterocycles. The number of benzene rings is 1. The third-order valence-corrected chi connectivity index (χ3v) is 7.31. The monoisotopic (exact) mass is 360 g/mol. The average molecular weight is 360 g/mol. The molecular weight excluding hydrogens is 340 g/mol. The number of hydrogen-bond acceptors (Lipinski definition) is 5. The number of nitrogens with one attached hydrogen (secondary N) is 1. The fourth-order valence-electron chi connectivity index (χ4n) is 3.01. The molecule has 0 saturated carbocycles. The second kappa shape index (κ2) is 5.73. The van der Waals surface area contributed by atoms with Gasteiger partial charge in [0.25, 0.3) is 0 Å². The first-order chi connectivity index (χ1) is 10.7. The molecule has 1 fully saturated rings. The van der Waals surface area contributed by atoms with Crippen LogP contribution in [0.25, 0.3) is 0 Å². The first kappa shape index (κ1) is 16.7. The number of rotatable bonds is 1. The van der Waals surface area contributed by atoms with Gasteiger partial charge in [-0.05, 0) is 25.0 Å². The lowest BCUT2D eigenvalue weighted by atomic mass is 9.80. The molecule has 23 heavy (non-hydrogen) atoms. The molecule has 0 aromatic heterocycles. The molecule has 128 valence electrons. The van der Waals surface area contributed by atoms with Crippen molar-refractivity contribution >= 4 is 20.0 Å². The molecule has 3 rings (SSSR count). The van der Waals surface area contributed by atoms with E-state index < -0.39 is 20.0 Å². The standard InChI is InChI=1S/C14H20N2O5S2/c1-22(17,18)16-8-6-14(7-9-16)10-15-23(19,20)13-5-3-2-4-12(13)21-11-14/h2-5,15H,6-11H2,1H3. The Hall–Kier alpha value is -1.16. The molecule has 0 unspecified atom stereocenters. The van der Waals surface area contributed by atoms with E-state index in [0.717, 1.165) is 0 Å². The zero-order valence-corrected chi connectivity index (χ0v) is 14.5. The van der Waals surface area contributed by atoms with Crippen molar-refractivity contribution < 1.29 is 21.6 Å². The van der Waals surface area contributed by atoms with E-state index in [1.165, 1.54) is 16.6 Å². The first-order valence-electron chi connectivity index (χ1n) is 7.39. The van der Waals surface area contributed by atoms with Gasteiger partial charge in [0, 0.05) is 25.0 Å². The third kappa shape index (κ3) is 3.37. The Balaban J connectivity index is 1.84. The summed E-state index contributed by atoms with van der Waals surface area (Å²) in [7, 11) is -6.84. The maximum absolute atomic E-state index is 12.4. The Morgan fingerprint density at radius 2 is 1.87 bits per heavy atom. The third-order valence-electron chi connectivity index (χ3n) is 4.56. The van der Waals surface area contributed by atoms with Crippen LogP contribution < -0.4 is 9.46 Å². The second-order valence-corrected chi connectivity index (χ2v) is 9.94. The Labute approximate surface area is 136 Å². The van der Waals surface area contributed by atoms with Gasteiger partial charge in [-0.15, -0.1) is 0 Å². The predicted molar refractivity (Wildman–Crippen MR) is 85.2 cm³/mol. The molecule has 0 aliphatic carbocycles. The molecule has 7 nitrogen and oxygen atoms in total. The van der Waals surface area contributed by atoms with Crippen LogP contribution in [0.4, 0.5) is 0 Å². The zero-order valence-electron chi connectivity index (χ0n) is 12.9. The smallest absolute Gasteiger partial charge is 0.244 e. The molecule has 1 spiro atoms. The Morgan fingerprint density at radius 3 is 2.52 bits per heavy atom. The number of fused-ring (bicyclic) bond motifs is 1. The van der Waals surface area contributed by atoms with E-state index in [-0.39, 0.29) is 16.9 Å². The summed E-state index contributed by atoms with van der Waals surface area (Å²) in [6.07, 6.45) is 2.31. The van der Waals surface area contributed by atoms with Gasteiger partial charge in [-0.3, -0.25) is 0 Å². The fraction of sp³-hybridized carbons (Fsp3) is 0.571. The lowest BCUT2D eigenvalue weighted by molar-refractivity contribution is 0.0818. The zero-order chi connectivity index (χ0) is 16.7. The minimum Gasteiger partial charge on any atom is -0.492 e. The average Bonchev–Trinajstić information content (AvgIpc) is 2.50. The summed E-state index contributed by atoms with van der Waals surface area (Å²) in [6, 6.07) is 6.54. The highest BCUT2D eigenvalue weighted by molar-refractivity contribution is 7.89. The van der Waals surface area contributed by atoms with Gasteiger partial charge >= 0.3 is 0 Å². The van der Waals surface area contributed by atoms with Gasteiger partial charge in [-0.2, -0.15) is 0 Å². The summed E-state index contributed by atoms with van der Waals surface area (Å²) < 4.78 is 57.9. The summed E-state index contributed by atoms with van der Waals surface area (Å²) in [4.78, 5) is 0.142. The van der Waals surface area contributed by atoms with Gasteiger partial charge in [0.05, 0.1) is 12.9 Å². The van der Waals surface area contributed by atoms with E-state index >= 15 is 0 Å². The van der Waals surface area contributed by atoms with Crippen molar-refractivity contribution in [3.05, 3.63) is 24.3 Å². The van der Waals surface area contributed by atoms with Crippen molar-refractivity contribution in [2.45, 2.75) is 17.7 Å². The summed E-state index contributed by atoms with van der Waals surface area (Å²) in [5.41, 5.74) is -0.387. The van der Waals surface area contributed by atoms with Gasteiger partial charge in [0.15, 0.2) is 0 Å². The van der Waals surface area contributed by atoms with Gasteiger partial charge in [0.1, 0.15) is 10.6 Å². The summed E-state index contributed by atoms with van der Waals surface area (Å²) >= 11 is 0. The number of sulfonamides is 2. The van der Waals surface area contributed by atoms with Crippen LogP contribution in [0.5, 0.6) is 5.75 Å². The van der Waals surface area contributed by atoms with Crippen LogP contribution in [0.3, 0.4) is 0 Å². The van der Waals surface area contributed by atoms with Crippen LogP contribution in [0.2, 0.25) is 0 Å². The normalized spacial score (nSPS) is 24.2. The topological polar surface area (TPSA) is 92.8 Å². The number of nitrogens with zero attached hydrogens (tertiary/aromatic N) is 1. The molecule has 0 bridgehead atoms. The van der Waals surface area contributed by atoms with E-state index in [9.17, 15) is 16.8 Å². The minimum atomic E-state index is -3.63. The molecule has 0 atom stereocenters. The largest absolute Gasteiger partial charge is 0.492 e. The van der Waals surface area contributed by atoms with Gasteiger partial charge in [-0.25, -0.2) is 25.9 Å². The van der Waals surface area contributed by atoms with Crippen molar-refractivity contribution in [1.82, 2.24) is 9.03 Å². The SMILES string of the molecule is CS(=O)(=O)N1CCC2(CC1)CNS(=O)(=O)c1ccccc1OC2. The van der Waals surface area contributed by atoms with E-state index in [2.05, 4.69) is 4.72 Å². The summed E-state index contributed by atoms with van der Waals surface area (Å²) in [5, 5.41) is 0. The van der Waals surface area contributed by atoms with E-state index in [1.54, 1.807) is 18.2 Å². The number of piperidine rings is 1. The van der Waals surface area contributed by atoms with Crippen LogP contribution in [0.1, 0.15) is 12.8 Å². The quantitative estimate of drug-likeness (QED) is 0.782. The van der Waals surface area contributed by atoms with E-state index in [0.29, 0.717) is 38.3 Å². The minimum absolute atomic E-state index is 0.142. The lowest BCUT2D eigenvalue weighted by Crippen LogP contribution is -2.51. The lowest BCUT2D eigenvalue weighted by Gasteiger charge is -2.41. The molecule has 9 heteroatoms. The molecule has 1 N–H and O–H groups in total. The van der Waals surface area contributed by atoms with Crippen LogP contribution in [-0.2, 0) is 20.0 Å². The maximum Gasteiger partial charge on any atom is 0.244 e. The highest BCUT2D eigenvalue weighted by Crippen LogP contribution is 2.36. The first-order valence-corrected chi connectivity index (χ1v) is 10.7. The molecule has 1 aromatic rings. The van der Waals surface area contributed by atoms with Crippen LogP contribution in [0.15, 0.2) is 29.2 Å². The molecule has 1 aromatic carbocycles. The Morgan fingerprint density at radius 1 is 1.22 bits per heavy atom. The second-order valence-electron chi connectivity index (χ2n) is 6.22. The molecule has 2 aliphatic rings. The molecule has 1 saturated heterocycles. The van der Waals surface area contributed by atoms with E-state index in [1.807, 2.05) is 0 Å². The predicted octanol–water partition coefficient (Wildman–Crippen LogP) is 0.399. The molecule has 0 amide bonds. The van der Waals surface area contributed by atoms with Gasteiger partial charge in [-0.1, -0.05) is 12.1 Å². The van der Waals surface area contributed by atoms with Gasteiger partial charge < -0.3 is 4.74 Å². The number of para-hydroxylation sites is 1. The summed E-state index contributed by atoms with van der Waals surface area (Å²) in [6.45, 7) is 1.38. The van der Waals surface area contributed by atoms with Crippen molar-refractivity contribution in [3.63, 3.8) is 0 Å². The maximum atomic E-state index is 12.4. The Bertz CT molecular complexity index is 796. The van der Waals surface area contributed by atoms with Crippen molar-refractivity contribution in [3.8, 4) is 5.75 Å². The molecule has 0 radical (unpaired) electrons. The fourth-order valence-corrected chi connectivity index (χ4v) is 5.16. The highest BCUT2D eigenvalue weighted by Gasteiger charge is 2.40. The van der Waals surface area contributed by atoms with Crippen molar-refractivity contribution in [2.24, 2.45) is 5.41 Å². The van der Waals surface area contributed by atoms with Crippen molar-refractivity contribution in [2.75, 3.05) is 32.5 Å². The van der Waals surface area contributed by atoms with Crippen LogP contribution in [0, 0.1) is 5.41 Å². The van der Waals surface area contributed by atoms with E-state index in [4.69, 9.17) is 4.74 Å². The number of ether oxygens (including phenoxy) is 1. The Kier molecular flexibility index (Phi) is 4.16. The molecular formula is C14H20N2O5S2. The number of hydrogen-bond donors (Lipinski definition) is 1. The van der Waals surface area contributed by atoms with Gasteiger partial charge in [0.2, 0.25) is 20.0 Å². The molecule has 2 aliphatic heterocycles. The summed E-state index contributed by atoms with van der Waals surface area (Å²) in [5.74, 6) is 0.338. The van der Waals surface area contributed by atoms with Crippen LogP contribution in [-0.4, -0.2) is 53.6 Å². The highest BCUT2D eigenvalue weighted by atomic mass is 32.2. The van der Waals surface area contributed by atoms with Crippen LogP contribution >= 0.6 is 0 Å².